The van der Waals surface area contributed by atoms with E-state index in [-0.39, 0.29) is 32.5 Å². The number of hydrogen-bond acceptors (Lipinski definition) is 16. The number of ether oxygens (including phenoxy) is 3. The van der Waals surface area contributed by atoms with Crippen molar-refractivity contribution in [2.75, 3.05) is 32.8 Å². The molecule has 17 heteroatoms. The van der Waals surface area contributed by atoms with Crippen LogP contribution in [0.3, 0.4) is 0 Å². The number of aliphatic hydroxyl groups is 7. The number of rotatable bonds is 12. The average molecular weight is 597 g/mol. The van der Waals surface area contributed by atoms with Gasteiger partial charge in [-0.15, -0.1) is 0 Å². The smallest absolute Gasteiger partial charge is 0.250 e. The molecular formula is C24H48N6O11. The fourth-order valence-electron chi connectivity index (χ4n) is 5.79. The third-order valence-electron chi connectivity index (χ3n) is 8.16. The number of aliphatic hydroxyl groups excluding tert-OH is 7. The summed E-state index contributed by atoms with van der Waals surface area (Å²) in [6.45, 7) is -0.250. The Labute approximate surface area is 238 Å². The van der Waals surface area contributed by atoms with E-state index in [1.807, 2.05) is 0 Å². The van der Waals surface area contributed by atoms with Gasteiger partial charge in [-0.25, -0.2) is 0 Å². The van der Waals surface area contributed by atoms with Crippen LogP contribution in [0.4, 0.5) is 0 Å². The van der Waals surface area contributed by atoms with Crippen LogP contribution in [0.25, 0.3) is 0 Å². The molecule has 1 amide bonds. The predicted octanol–water partition coefficient (Wildman–Crippen LogP) is -7.53. The summed E-state index contributed by atoms with van der Waals surface area (Å²) in [4.78, 5) is 12.5. The first-order chi connectivity index (χ1) is 19.4. The van der Waals surface area contributed by atoms with Gasteiger partial charge >= 0.3 is 0 Å². The Kier molecular flexibility index (Phi) is 13.0. The molecule has 1 saturated carbocycles. The third-order valence-corrected chi connectivity index (χ3v) is 8.16. The van der Waals surface area contributed by atoms with Gasteiger partial charge in [-0.05, 0) is 25.8 Å². The molecule has 1 aliphatic carbocycles. The van der Waals surface area contributed by atoms with Crippen molar-refractivity contribution in [1.29, 1.82) is 0 Å². The van der Waals surface area contributed by atoms with E-state index in [1.54, 1.807) is 0 Å². The van der Waals surface area contributed by atoms with Gasteiger partial charge in [0.2, 0.25) is 5.91 Å². The van der Waals surface area contributed by atoms with Crippen molar-refractivity contribution < 1.29 is 54.8 Å². The van der Waals surface area contributed by atoms with E-state index in [0.29, 0.717) is 13.0 Å². The number of carbonyl (C=O) groups is 1. The Balaban J connectivity index is 1.85. The van der Waals surface area contributed by atoms with Crippen LogP contribution in [0, 0.1) is 5.92 Å². The molecule has 0 spiro atoms. The normalized spacial score (nSPS) is 44.4. The Morgan fingerprint density at radius 2 is 1.68 bits per heavy atom. The molecule has 3 aliphatic rings. The Morgan fingerprint density at radius 3 is 2.32 bits per heavy atom. The Morgan fingerprint density at radius 1 is 0.976 bits per heavy atom. The van der Waals surface area contributed by atoms with Crippen molar-refractivity contribution in [3.63, 3.8) is 0 Å². The van der Waals surface area contributed by atoms with Gasteiger partial charge in [0.05, 0.1) is 43.1 Å². The zero-order chi connectivity index (χ0) is 30.4. The second-order valence-electron chi connectivity index (χ2n) is 11.1. The molecule has 0 aromatic heterocycles. The number of hydrogen-bond donors (Lipinski definition) is 13. The van der Waals surface area contributed by atoms with Gasteiger partial charge < -0.3 is 83.5 Å². The highest BCUT2D eigenvalue weighted by Crippen LogP contribution is 2.36. The molecule has 3 rings (SSSR count). The van der Waals surface area contributed by atoms with Gasteiger partial charge in [0.15, 0.2) is 6.29 Å². The van der Waals surface area contributed by atoms with E-state index in [0.717, 1.165) is 0 Å². The molecule has 2 aliphatic heterocycles. The molecule has 2 saturated heterocycles. The lowest BCUT2D eigenvalue weighted by atomic mass is 9.72. The summed E-state index contributed by atoms with van der Waals surface area (Å²) in [7, 11) is 0. The molecule has 41 heavy (non-hydrogen) atoms. The van der Waals surface area contributed by atoms with Crippen LogP contribution < -0.4 is 33.6 Å². The maximum absolute atomic E-state index is 12.5. The molecule has 15 unspecified atom stereocenters. The van der Waals surface area contributed by atoms with E-state index in [9.17, 15) is 35.4 Å². The highest BCUT2D eigenvalue weighted by atomic mass is 16.7. The fraction of sp³-hybridized carbons (Fsp3) is 0.958. The third kappa shape index (κ3) is 8.08. The maximum atomic E-state index is 12.5. The van der Waals surface area contributed by atoms with Crippen LogP contribution in [-0.2, 0) is 19.0 Å². The molecule has 3 fully saturated rings. The summed E-state index contributed by atoms with van der Waals surface area (Å²) in [5, 5.41) is 77.3. The SMILES string of the molecule is NCC(O)C(=O)NC1CC(N)C(C2OC(CNCCCO)C(O)CC2N)C(O)C1OC1OC(CO)C(O)C(N)C1O. The van der Waals surface area contributed by atoms with Crippen LogP contribution in [-0.4, -0.2) is 160 Å². The molecule has 0 aromatic carbocycles. The van der Waals surface area contributed by atoms with Crippen molar-refractivity contribution in [1.82, 2.24) is 10.6 Å². The summed E-state index contributed by atoms with van der Waals surface area (Å²) in [6, 6.07) is -3.79. The summed E-state index contributed by atoms with van der Waals surface area (Å²) in [5.74, 6) is -1.71. The van der Waals surface area contributed by atoms with Gasteiger partial charge in [-0.2, -0.15) is 0 Å². The largest absolute Gasteiger partial charge is 0.396 e. The monoisotopic (exact) mass is 596 g/mol. The van der Waals surface area contributed by atoms with Crippen LogP contribution in [0.2, 0.25) is 0 Å². The number of nitrogens with two attached hydrogens (primary N) is 4. The molecule has 17 N–H and O–H groups in total. The van der Waals surface area contributed by atoms with Crippen molar-refractivity contribution >= 4 is 5.91 Å². The highest BCUT2D eigenvalue weighted by molar-refractivity contribution is 5.81. The second kappa shape index (κ2) is 15.6. The highest BCUT2D eigenvalue weighted by Gasteiger charge is 2.53. The van der Waals surface area contributed by atoms with E-state index in [1.165, 1.54) is 0 Å². The zero-order valence-corrected chi connectivity index (χ0v) is 22.9. The van der Waals surface area contributed by atoms with E-state index in [4.69, 9.17) is 42.3 Å². The quantitative estimate of drug-likeness (QED) is 0.0930. The second-order valence-corrected chi connectivity index (χ2v) is 11.1. The standard InChI is InChI=1S/C24H48N6O11/c25-6-13(34)23(38)30-11-4-9(26)16(21-10(27)5-12(33)14(39-21)7-29-2-1-3-31)19(36)22(11)41-24-20(37)17(28)18(35)15(8-32)40-24/h9-22,24,29,31-37H,1-8,25-28H2,(H,30,38). The molecule has 0 bridgehead atoms. The van der Waals surface area contributed by atoms with Gasteiger partial charge in [-0.3, -0.25) is 4.79 Å². The lowest BCUT2D eigenvalue weighted by Gasteiger charge is -2.51. The van der Waals surface area contributed by atoms with Crippen LogP contribution >= 0.6 is 0 Å². The van der Waals surface area contributed by atoms with E-state index in [2.05, 4.69) is 10.6 Å². The number of carbonyl (C=O) groups excluding carboxylic acids is 1. The van der Waals surface area contributed by atoms with Crippen molar-refractivity contribution in [3.8, 4) is 0 Å². The molecule has 240 valence electrons. The minimum Gasteiger partial charge on any atom is -0.396 e. The summed E-state index contributed by atoms with van der Waals surface area (Å²) >= 11 is 0. The number of amides is 1. The average Bonchev–Trinajstić information content (AvgIpc) is 2.94. The van der Waals surface area contributed by atoms with Crippen LogP contribution in [0.5, 0.6) is 0 Å². The van der Waals surface area contributed by atoms with E-state index < -0.39 is 104 Å². The summed E-state index contributed by atoms with van der Waals surface area (Å²) in [5.41, 5.74) is 24.2. The molecule has 0 radical (unpaired) electrons. The maximum Gasteiger partial charge on any atom is 0.250 e. The summed E-state index contributed by atoms with van der Waals surface area (Å²) < 4.78 is 17.7. The van der Waals surface area contributed by atoms with Crippen LogP contribution in [0.15, 0.2) is 0 Å². The van der Waals surface area contributed by atoms with Crippen molar-refractivity contribution in [2.24, 2.45) is 28.9 Å². The van der Waals surface area contributed by atoms with Gasteiger partial charge in [-0.1, -0.05) is 0 Å². The first kappa shape index (κ1) is 34.4. The molecule has 17 nitrogen and oxygen atoms in total. The number of nitrogens with one attached hydrogen (secondary N) is 2. The summed E-state index contributed by atoms with van der Waals surface area (Å²) in [6.07, 6.45) is -11.8. The van der Waals surface area contributed by atoms with Gasteiger partial charge in [0.1, 0.15) is 30.5 Å². The first-order valence-corrected chi connectivity index (χ1v) is 14.0. The van der Waals surface area contributed by atoms with Gasteiger partial charge in [0.25, 0.3) is 0 Å². The first-order valence-electron chi connectivity index (χ1n) is 14.0. The molecule has 15 atom stereocenters. The molecule has 0 aromatic rings. The van der Waals surface area contributed by atoms with Gasteiger partial charge in [0, 0.05) is 37.7 Å². The van der Waals surface area contributed by atoms with Crippen LogP contribution in [0.1, 0.15) is 19.3 Å². The lowest BCUT2D eigenvalue weighted by molar-refractivity contribution is -0.306. The zero-order valence-electron chi connectivity index (χ0n) is 22.9. The molecular weight excluding hydrogens is 548 g/mol. The fourth-order valence-corrected chi connectivity index (χ4v) is 5.79. The Hall–Kier alpha value is -1.13. The van der Waals surface area contributed by atoms with Crippen molar-refractivity contribution in [2.45, 2.75) is 105 Å². The van der Waals surface area contributed by atoms with Crippen molar-refractivity contribution in [3.05, 3.63) is 0 Å². The van der Waals surface area contributed by atoms with E-state index >= 15 is 0 Å². The Bertz CT molecular complexity index is 818. The topological polar surface area (TPSA) is 315 Å². The molecule has 2 heterocycles. The minimum absolute atomic E-state index is 0.00141. The lowest BCUT2D eigenvalue weighted by Crippen LogP contribution is -2.70. The predicted molar refractivity (Wildman–Crippen MR) is 142 cm³/mol. The minimum atomic E-state index is -1.57.